The molecule has 0 saturated carbocycles. The van der Waals surface area contributed by atoms with Crippen LogP contribution in [0.25, 0.3) is 0 Å². The lowest BCUT2D eigenvalue weighted by Gasteiger charge is -2.04. The number of Topliss-reactive ketones (excluding diaryl/α,β-unsaturated/α-hetero) is 1. The van der Waals surface area contributed by atoms with Crippen molar-refractivity contribution in [2.24, 2.45) is 0 Å². The van der Waals surface area contributed by atoms with Gasteiger partial charge in [-0.2, -0.15) is 0 Å². The van der Waals surface area contributed by atoms with E-state index < -0.39 is 0 Å². The third-order valence-corrected chi connectivity index (χ3v) is 2.31. The van der Waals surface area contributed by atoms with E-state index in [-0.39, 0.29) is 5.78 Å². The Morgan fingerprint density at radius 3 is 2.80 bits per heavy atom. The number of rotatable bonds is 5. The molecule has 0 atom stereocenters. The van der Waals surface area contributed by atoms with Gasteiger partial charge in [0.25, 0.3) is 0 Å². The van der Waals surface area contributed by atoms with Gasteiger partial charge in [-0.25, -0.2) is 4.68 Å². The third-order valence-electron chi connectivity index (χ3n) is 2.31. The van der Waals surface area contributed by atoms with E-state index in [1.165, 1.54) is 6.20 Å². The number of aryl methyl sites for hydroxylation is 1. The fourth-order valence-corrected chi connectivity index (χ4v) is 1.47. The summed E-state index contributed by atoms with van der Waals surface area (Å²) in [5.74, 6) is 0.0402. The van der Waals surface area contributed by atoms with Gasteiger partial charge in [-0.1, -0.05) is 25.1 Å². The number of carbonyl (C=O) groups excluding carboxylic acids is 1. The number of allylic oxidation sites excluding steroid dienone is 2. The smallest absolute Gasteiger partial charge is 0.208 e. The van der Waals surface area contributed by atoms with Crippen molar-refractivity contribution in [3.63, 3.8) is 0 Å². The van der Waals surface area contributed by atoms with E-state index in [2.05, 4.69) is 10.3 Å². The Morgan fingerprint density at radius 2 is 2.27 bits per heavy atom. The van der Waals surface area contributed by atoms with E-state index in [1.54, 1.807) is 4.68 Å². The number of aromatic nitrogens is 3. The van der Waals surface area contributed by atoms with Gasteiger partial charge in [0.2, 0.25) is 5.78 Å². The Bertz CT molecular complexity index is 366. The Kier molecular flexibility index (Phi) is 4.21. The second-order valence-electron chi connectivity index (χ2n) is 3.34. The van der Waals surface area contributed by atoms with Crippen LogP contribution < -0.4 is 0 Å². The number of carbonyl (C=O) groups is 1. The van der Waals surface area contributed by atoms with Gasteiger partial charge in [0, 0.05) is 6.54 Å². The molecule has 4 heteroatoms. The van der Waals surface area contributed by atoms with E-state index in [1.807, 2.05) is 26.8 Å². The molecule has 0 N–H and O–H groups in total. The molecule has 0 saturated heterocycles. The van der Waals surface area contributed by atoms with Crippen molar-refractivity contribution < 1.29 is 4.79 Å². The van der Waals surface area contributed by atoms with Crippen LogP contribution in [0.5, 0.6) is 0 Å². The second kappa shape index (κ2) is 5.44. The van der Waals surface area contributed by atoms with Crippen LogP contribution in [0, 0.1) is 0 Å². The van der Waals surface area contributed by atoms with Crippen molar-refractivity contribution >= 4 is 5.78 Å². The fraction of sp³-hybridized carbons (Fsp3) is 0.545. The highest BCUT2D eigenvalue weighted by Gasteiger charge is 2.15. The zero-order chi connectivity index (χ0) is 11.3. The summed E-state index contributed by atoms with van der Waals surface area (Å²) in [6, 6.07) is 0. The first-order valence-corrected chi connectivity index (χ1v) is 5.32. The van der Waals surface area contributed by atoms with Crippen molar-refractivity contribution in [2.45, 2.75) is 40.2 Å². The lowest BCUT2D eigenvalue weighted by Crippen LogP contribution is -2.12. The largest absolute Gasteiger partial charge is 0.287 e. The molecule has 15 heavy (non-hydrogen) atoms. The Hall–Kier alpha value is -1.45. The summed E-state index contributed by atoms with van der Waals surface area (Å²) in [5.41, 5.74) is 1.40. The molecule has 1 aromatic heterocycles. The molecular formula is C11H17N3O. The summed E-state index contributed by atoms with van der Waals surface area (Å²) < 4.78 is 1.67. The normalized spacial score (nSPS) is 11.8. The zero-order valence-corrected chi connectivity index (χ0v) is 9.53. The van der Waals surface area contributed by atoms with Gasteiger partial charge in [-0.05, 0) is 25.3 Å². The molecule has 4 nitrogen and oxygen atoms in total. The van der Waals surface area contributed by atoms with Gasteiger partial charge in [-0.15, -0.1) is 5.10 Å². The third kappa shape index (κ3) is 2.52. The minimum Gasteiger partial charge on any atom is -0.287 e. The van der Waals surface area contributed by atoms with Gasteiger partial charge < -0.3 is 0 Å². The first-order valence-electron chi connectivity index (χ1n) is 5.32. The van der Waals surface area contributed by atoms with Crippen LogP contribution in [0.4, 0.5) is 0 Å². The standard InChI is InChI=1S/C11H17N3O/c1-4-7-14-10(8-12-13-14)11(15)9(5-2)6-3/h5,8H,4,6-7H2,1-3H3/b9-5+. The molecule has 0 aliphatic heterocycles. The van der Waals surface area contributed by atoms with Crippen LogP contribution in [0.2, 0.25) is 0 Å². The second-order valence-corrected chi connectivity index (χ2v) is 3.34. The molecule has 1 rings (SSSR count). The van der Waals surface area contributed by atoms with Crippen molar-refractivity contribution in [3.05, 3.63) is 23.5 Å². The van der Waals surface area contributed by atoms with Crippen LogP contribution in [-0.2, 0) is 6.54 Å². The average Bonchev–Trinajstić information content (AvgIpc) is 2.68. The SMILES string of the molecule is C/C=C(\CC)C(=O)c1cnnn1CCC. The molecular weight excluding hydrogens is 190 g/mol. The highest BCUT2D eigenvalue weighted by molar-refractivity contribution is 6.07. The molecule has 1 aromatic rings. The maximum Gasteiger partial charge on any atom is 0.208 e. The predicted octanol–water partition coefficient (Wildman–Crippen LogP) is 2.23. The number of hydrogen-bond donors (Lipinski definition) is 0. The van der Waals surface area contributed by atoms with Crippen LogP contribution >= 0.6 is 0 Å². The number of ketones is 1. The molecule has 0 unspecified atom stereocenters. The summed E-state index contributed by atoms with van der Waals surface area (Å²) in [7, 11) is 0. The summed E-state index contributed by atoms with van der Waals surface area (Å²) in [4.78, 5) is 12.0. The van der Waals surface area contributed by atoms with E-state index in [4.69, 9.17) is 0 Å². The van der Waals surface area contributed by atoms with Crippen LogP contribution in [0.3, 0.4) is 0 Å². The molecule has 0 radical (unpaired) electrons. The molecule has 0 aliphatic rings. The number of nitrogens with zero attached hydrogens (tertiary/aromatic N) is 3. The Balaban J connectivity index is 2.95. The molecule has 0 aliphatic carbocycles. The molecule has 0 fully saturated rings. The summed E-state index contributed by atoms with van der Waals surface area (Å²) in [6.45, 7) is 6.64. The molecule has 1 heterocycles. The minimum absolute atomic E-state index is 0.0402. The molecule has 0 bridgehead atoms. The van der Waals surface area contributed by atoms with Gasteiger partial charge in [0.15, 0.2) is 0 Å². The monoisotopic (exact) mass is 207 g/mol. The first-order chi connectivity index (χ1) is 7.24. The first kappa shape index (κ1) is 11.6. The van der Waals surface area contributed by atoms with Crippen molar-refractivity contribution in [3.8, 4) is 0 Å². The predicted molar refractivity (Wildman–Crippen MR) is 58.7 cm³/mol. The van der Waals surface area contributed by atoms with Gasteiger partial charge in [0.05, 0.1) is 6.20 Å². The molecule has 0 amide bonds. The van der Waals surface area contributed by atoms with Gasteiger partial charge in [0.1, 0.15) is 5.69 Å². The van der Waals surface area contributed by atoms with Crippen molar-refractivity contribution in [1.82, 2.24) is 15.0 Å². The summed E-state index contributed by atoms with van der Waals surface area (Å²) in [6.07, 6.45) is 5.08. The number of hydrogen-bond acceptors (Lipinski definition) is 3. The maximum absolute atomic E-state index is 12.0. The van der Waals surface area contributed by atoms with Crippen molar-refractivity contribution in [1.29, 1.82) is 0 Å². The fourth-order valence-electron chi connectivity index (χ4n) is 1.47. The highest BCUT2D eigenvalue weighted by Crippen LogP contribution is 2.10. The molecule has 0 aromatic carbocycles. The lowest BCUT2D eigenvalue weighted by molar-refractivity contribution is 0.102. The molecule has 82 valence electrons. The van der Waals surface area contributed by atoms with E-state index in [0.29, 0.717) is 5.69 Å². The topological polar surface area (TPSA) is 47.8 Å². The molecule has 0 spiro atoms. The highest BCUT2D eigenvalue weighted by atomic mass is 16.1. The van der Waals surface area contributed by atoms with Crippen molar-refractivity contribution in [2.75, 3.05) is 0 Å². The Labute approximate surface area is 90.0 Å². The lowest BCUT2D eigenvalue weighted by atomic mass is 10.1. The summed E-state index contributed by atoms with van der Waals surface area (Å²) in [5, 5.41) is 7.67. The summed E-state index contributed by atoms with van der Waals surface area (Å²) >= 11 is 0. The maximum atomic E-state index is 12.0. The van der Waals surface area contributed by atoms with Crippen LogP contribution in [-0.4, -0.2) is 20.8 Å². The van der Waals surface area contributed by atoms with E-state index in [0.717, 1.165) is 25.0 Å². The minimum atomic E-state index is 0.0402. The zero-order valence-electron chi connectivity index (χ0n) is 9.53. The van der Waals surface area contributed by atoms with E-state index in [9.17, 15) is 4.79 Å². The van der Waals surface area contributed by atoms with Crippen LogP contribution in [0.15, 0.2) is 17.8 Å². The van der Waals surface area contributed by atoms with Gasteiger partial charge >= 0.3 is 0 Å². The van der Waals surface area contributed by atoms with Crippen LogP contribution in [0.1, 0.15) is 44.1 Å². The quantitative estimate of drug-likeness (QED) is 0.549. The Morgan fingerprint density at radius 1 is 1.53 bits per heavy atom. The average molecular weight is 207 g/mol. The van der Waals surface area contributed by atoms with Gasteiger partial charge in [-0.3, -0.25) is 4.79 Å². The van der Waals surface area contributed by atoms with E-state index >= 15 is 0 Å².